The van der Waals surface area contributed by atoms with Crippen molar-refractivity contribution < 1.29 is 77.1 Å². The Bertz CT molecular complexity index is 767. The standard InChI is InChI=1S/C24H38F12N4O5/c25-21(26,27)19(41,22(28,29)30)17-39-3-1-37-5-11-43-13-7-38(8-14-44-12-6-37)2-4-40(10-16-45-15-9-39)18-20(42,23(31,32)33)24(34,35)36/h41-42H,1-18H2. The predicted octanol–water partition coefficient (Wildman–Crippen LogP) is 1.98. The first-order chi connectivity index (χ1) is 20.6. The van der Waals surface area contributed by atoms with E-state index in [0.29, 0.717) is 9.80 Å². The van der Waals surface area contributed by atoms with Crippen molar-refractivity contribution in [2.75, 3.05) is 118 Å². The van der Waals surface area contributed by atoms with Crippen molar-refractivity contribution in [2.24, 2.45) is 0 Å². The van der Waals surface area contributed by atoms with Crippen LogP contribution in [0.2, 0.25) is 0 Å². The van der Waals surface area contributed by atoms with E-state index in [4.69, 9.17) is 14.2 Å². The molecular weight excluding hydrogens is 652 g/mol. The van der Waals surface area contributed by atoms with E-state index in [9.17, 15) is 62.9 Å². The molecule has 3 fully saturated rings. The van der Waals surface area contributed by atoms with Gasteiger partial charge >= 0.3 is 24.7 Å². The molecule has 0 unspecified atom stereocenters. The summed E-state index contributed by atoms with van der Waals surface area (Å²) < 4.78 is 177. The number of aliphatic hydroxyl groups is 2. The molecule has 268 valence electrons. The Hall–Kier alpha value is -1.20. The van der Waals surface area contributed by atoms with E-state index in [0.717, 1.165) is 0 Å². The minimum atomic E-state index is -6.10. The number of alkyl halides is 12. The van der Waals surface area contributed by atoms with Gasteiger partial charge in [0.25, 0.3) is 11.2 Å². The number of hydrogen-bond acceptors (Lipinski definition) is 9. The molecule has 3 aliphatic rings. The molecule has 0 radical (unpaired) electrons. The fourth-order valence-electron chi connectivity index (χ4n) is 4.57. The van der Waals surface area contributed by atoms with Crippen molar-refractivity contribution in [1.29, 1.82) is 0 Å². The summed E-state index contributed by atoms with van der Waals surface area (Å²) in [5.41, 5.74) is -10.2. The highest BCUT2D eigenvalue weighted by Crippen LogP contribution is 2.44. The molecule has 0 saturated carbocycles. The summed E-state index contributed by atoms with van der Waals surface area (Å²) in [6.07, 6.45) is -24.4. The normalized spacial score (nSPS) is 25.2. The van der Waals surface area contributed by atoms with Crippen LogP contribution in [0.3, 0.4) is 0 Å². The molecule has 0 spiro atoms. The molecule has 9 nitrogen and oxygen atoms in total. The number of fused-ring (bicyclic) bond motifs is 18. The Kier molecular flexibility index (Phi) is 14.5. The first kappa shape index (κ1) is 40.0. The summed E-state index contributed by atoms with van der Waals surface area (Å²) in [5.74, 6) is 0. The zero-order valence-electron chi connectivity index (χ0n) is 24.2. The zero-order valence-corrected chi connectivity index (χ0v) is 24.2. The lowest BCUT2D eigenvalue weighted by atomic mass is 10.0. The van der Waals surface area contributed by atoms with Crippen LogP contribution in [0.5, 0.6) is 0 Å². The van der Waals surface area contributed by atoms with Crippen LogP contribution in [0.1, 0.15) is 0 Å². The van der Waals surface area contributed by atoms with Gasteiger partial charge in [0.05, 0.1) is 39.6 Å². The second-order valence-corrected chi connectivity index (χ2v) is 10.8. The Morgan fingerprint density at radius 1 is 0.378 bits per heavy atom. The highest BCUT2D eigenvalue weighted by Gasteiger charge is 2.71. The van der Waals surface area contributed by atoms with Crippen LogP contribution >= 0.6 is 0 Å². The molecule has 0 aromatic heterocycles. The molecule has 0 amide bonds. The molecule has 21 heteroatoms. The largest absolute Gasteiger partial charge is 0.427 e. The van der Waals surface area contributed by atoms with Gasteiger partial charge in [0, 0.05) is 78.5 Å². The van der Waals surface area contributed by atoms with E-state index in [2.05, 4.69) is 0 Å². The summed E-state index contributed by atoms with van der Waals surface area (Å²) in [6.45, 7) is -6.02. The van der Waals surface area contributed by atoms with Gasteiger partial charge in [-0.1, -0.05) is 0 Å². The Morgan fingerprint density at radius 2 is 0.622 bits per heavy atom. The fraction of sp³-hybridized carbons (Fsp3) is 1.00. The molecule has 0 aromatic carbocycles. The van der Waals surface area contributed by atoms with Crippen molar-refractivity contribution in [2.45, 2.75) is 35.9 Å². The third-order valence-corrected chi connectivity index (χ3v) is 7.56. The van der Waals surface area contributed by atoms with Crippen LogP contribution < -0.4 is 0 Å². The van der Waals surface area contributed by atoms with E-state index in [-0.39, 0.29) is 65.7 Å². The maximum absolute atomic E-state index is 13.4. The van der Waals surface area contributed by atoms with Gasteiger partial charge in [0.2, 0.25) is 0 Å². The summed E-state index contributed by atoms with van der Waals surface area (Å²) in [4.78, 5) is 4.70. The predicted molar refractivity (Wildman–Crippen MR) is 132 cm³/mol. The van der Waals surface area contributed by atoms with E-state index in [1.165, 1.54) is 0 Å². The highest BCUT2D eigenvalue weighted by molar-refractivity contribution is 4.98. The van der Waals surface area contributed by atoms with E-state index in [1.807, 2.05) is 0 Å². The van der Waals surface area contributed by atoms with Crippen LogP contribution in [0, 0.1) is 0 Å². The van der Waals surface area contributed by atoms with Gasteiger partial charge in [0.15, 0.2) is 0 Å². The third-order valence-electron chi connectivity index (χ3n) is 7.56. The minimum Gasteiger partial charge on any atom is -0.379 e. The summed E-state index contributed by atoms with van der Waals surface area (Å²) in [6, 6.07) is 0. The SMILES string of the molecule is OC(CN1CCOCCN(CC(O)(C(F)(F)F)C(F)(F)F)CCN2CCOCCN(CCOCC2)CC1)(C(F)(F)F)C(F)(F)F. The summed E-state index contributed by atoms with van der Waals surface area (Å²) >= 11 is 0. The minimum absolute atomic E-state index is 0.0636. The molecular formula is C24H38F12N4O5. The van der Waals surface area contributed by atoms with Crippen molar-refractivity contribution in [3.63, 3.8) is 0 Å². The Labute approximate surface area is 251 Å². The molecule has 2 bridgehead atoms. The van der Waals surface area contributed by atoms with Crippen LogP contribution in [0.4, 0.5) is 52.7 Å². The van der Waals surface area contributed by atoms with Crippen molar-refractivity contribution in [3.8, 4) is 0 Å². The maximum atomic E-state index is 13.4. The lowest BCUT2D eigenvalue weighted by Crippen LogP contribution is -2.63. The second-order valence-electron chi connectivity index (χ2n) is 10.8. The molecule has 3 aliphatic heterocycles. The molecule has 0 atom stereocenters. The maximum Gasteiger partial charge on any atom is 0.427 e. The van der Waals surface area contributed by atoms with E-state index < -0.39 is 88.4 Å². The average molecular weight is 691 g/mol. The molecule has 2 N–H and O–H groups in total. The quantitative estimate of drug-likeness (QED) is 0.341. The number of hydrogen-bond donors (Lipinski definition) is 2. The van der Waals surface area contributed by atoms with E-state index in [1.54, 1.807) is 9.80 Å². The van der Waals surface area contributed by atoms with Crippen LogP contribution in [0.15, 0.2) is 0 Å². The lowest BCUT2D eigenvalue weighted by molar-refractivity contribution is -0.371. The summed E-state index contributed by atoms with van der Waals surface area (Å²) in [7, 11) is 0. The van der Waals surface area contributed by atoms with Gasteiger partial charge in [-0.2, -0.15) is 52.7 Å². The first-order valence-electron chi connectivity index (χ1n) is 13.9. The van der Waals surface area contributed by atoms with Gasteiger partial charge in [-0.05, 0) is 0 Å². The smallest absolute Gasteiger partial charge is 0.379 e. The molecule has 3 saturated heterocycles. The number of halogens is 12. The van der Waals surface area contributed by atoms with Gasteiger partial charge in [-0.3, -0.25) is 19.6 Å². The van der Waals surface area contributed by atoms with Crippen LogP contribution in [-0.2, 0) is 14.2 Å². The fourth-order valence-corrected chi connectivity index (χ4v) is 4.57. The molecule has 3 rings (SSSR count). The highest BCUT2D eigenvalue weighted by atomic mass is 19.4. The monoisotopic (exact) mass is 690 g/mol. The lowest BCUT2D eigenvalue weighted by Gasteiger charge is -2.38. The molecule has 0 aliphatic carbocycles. The average Bonchev–Trinajstić information content (AvgIpc) is 2.88. The van der Waals surface area contributed by atoms with Crippen molar-refractivity contribution >= 4 is 0 Å². The molecule has 3 heterocycles. The van der Waals surface area contributed by atoms with Gasteiger partial charge in [-0.25, -0.2) is 0 Å². The van der Waals surface area contributed by atoms with Gasteiger partial charge in [0.1, 0.15) is 0 Å². The van der Waals surface area contributed by atoms with E-state index >= 15 is 0 Å². The van der Waals surface area contributed by atoms with Gasteiger partial charge in [-0.15, -0.1) is 0 Å². The number of ether oxygens (including phenoxy) is 3. The first-order valence-corrected chi connectivity index (χ1v) is 13.9. The third kappa shape index (κ3) is 11.5. The number of nitrogens with zero attached hydrogens (tertiary/aromatic N) is 4. The topological polar surface area (TPSA) is 81.1 Å². The van der Waals surface area contributed by atoms with Crippen molar-refractivity contribution in [3.05, 3.63) is 0 Å². The molecule has 45 heavy (non-hydrogen) atoms. The summed E-state index contributed by atoms with van der Waals surface area (Å²) in [5, 5.41) is 19.5. The van der Waals surface area contributed by atoms with Crippen LogP contribution in [0.25, 0.3) is 0 Å². The number of rotatable bonds is 4. The van der Waals surface area contributed by atoms with Gasteiger partial charge < -0.3 is 24.4 Å². The Balaban J connectivity index is 2.33. The van der Waals surface area contributed by atoms with Crippen molar-refractivity contribution in [1.82, 2.24) is 19.6 Å². The Morgan fingerprint density at radius 3 is 0.867 bits per heavy atom. The zero-order chi connectivity index (χ0) is 34.2. The molecule has 0 aromatic rings. The second kappa shape index (κ2) is 16.3. The van der Waals surface area contributed by atoms with Crippen LogP contribution in [-0.4, -0.2) is 184 Å².